The molecule has 7 heteroatoms. The van der Waals surface area contributed by atoms with Crippen LogP contribution in [0.3, 0.4) is 0 Å². The van der Waals surface area contributed by atoms with E-state index in [1.807, 2.05) is 31.2 Å². The normalized spacial score (nSPS) is 10.7. The Hall–Kier alpha value is -2.80. The maximum Gasteiger partial charge on any atom is 0.273 e. The molecule has 3 aromatic rings. The zero-order chi connectivity index (χ0) is 17.1. The smallest absolute Gasteiger partial charge is 0.273 e. The lowest BCUT2D eigenvalue weighted by Gasteiger charge is -2.17. The van der Waals surface area contributed by atoms with Crippen molar-refractivity contribution >= 4 is 38.3 Å². The number of para-hydroxylation sites is 2. The van der Waals surface area contributed by atoms with Crippen LogP contribution in [0, 0.1) is 10.1 Å². The lowest BCUT2D eigenvalue weighted by molar-refractivity contribution is -0.385. The molecule has 24 heavy (non-hydrogen) atoms. The van der Waals surface area contributed by atoms with Gasteiger partial charge < -0.3 is 0 Å². The van der Waals surface area contributed by atoms with Crippen molar-refractivity contribution in [3.63, 3.8) is 0 Å². The van der Waals surface area contributed by atoms with Gasteiger partial charge in [-0.25, -0.2) is 4.98 Å². The average molecular weight is 341 g/mol. The van der Waals surface area contributed by atoms with Crippen molar-refractivity contribution in [1.29, 1.82) is 0 Å². The van der Waals surface area contributed by atoms with Crippen molar-refractivity contribution in [3.05, 3.63) is 64.2 Å². The summed E-state index contributed by atoms with van der Waals surface area (Å²) in [6.45, 7) is 2.32. The molecule has 1 amide bonds. The van der Waals surface area contributed by atoms with Crippen LogP contribution in [0.1, 0.15) is 12.5 Å². The number of rotatable bonds is 5. The molecule has 0 radical (unpaired) electrons. The molecule has 0 aliphatic carbocycles. The Labute approximate surface area is 142 Å². The molecule has 6 nitrogen and oxygen atoms in total. The highest BCUT2D eigenvalue weighted by Crippen LogP contribution is 2.29. The fourth-order valence-corrected chi connectivity index (χ4v) is 3.54. The van der Waals surface area contributed by atoms with Crippen LogP contribution in [0.15, 0.2) is 48.5 Å². The van der Waals surface area contributed by atoms with E-state index < -0.39 is 4.92 Å². The predicted octanol–water partition coefficient (Wildman–Crippen LogP) is 3.80. The number of likely N-dealkylation sites (N-methyl/N-ethyl adjacent to an activating group) is 1. The Morgan fingerprint density at radius 1 is 1.21 bits per heavy atom. The summed E-state index contributed by atoms with van der Waals surface area (Å²) in [5, 5.41) is 11.7. The van der Waals surface area contributed by atoms with Crippen molar-refractivity contribution in [3.8, 4) is 0 Å². The number of hydrogen-bond donors (Lipinski definition) is 0. The van der Waals surface area contributed by atoms with Crippen LogP contribution in [-0.2, 0) is 11.2 Å². The summed E-state index contributed by atoms with van der Waals surface area (Å²) in [6, 6.07) is 14.0. The molecule has 0 saturated carbocycles. The maximum absolute atomic E-state index is 12.7. The van der Waals surface area contributed by atoms with Crippen molar-refractivity contribution in [2.45, 2.75) is 13.3 Å². The Morgan fingerprint density at radius 2 is 1.92 bits per heavy atom. The van der Waals surface area contributed by atoms with Crippen LogP contribution in [0.5, 0.6) is 0 Å². The molecule has 1 aromatic heterocycles. The summed E-state index contributed by atoms with van der Waals surface area (Å²) >= 11 is 1.44. The summed E-state index contributed by atoms with van der Waals surface area (Å²) in [5.41, 5.74) is 1.22. The molecule has 0 saturated heterocycles. The van der Waals surface area contributed by atoms with Crippen LogP contribution in [0.4, 0.5) is 10.8 Å². The highest BCUT2D eigenvalue weighted by Gasteiger charge is 2.22. The van der Waals surface area contributed by atoms with E-state index in [1.54, 1.807) is 23.1 Å². The van der Waals surface area contributed by atoms with Gasteiger partial charge in [0.1, 0.15) is 0 Å². The molecule has 0 bridgehead atoms. The number of nitro groups is 1. The number of nitrogens with zero attached hydrogens (tertiary/aromatic N) is 3. The number of anilines is 1. The molecule has 0 atom stereocenters. The minimum Gasteiger partial charge on any atom is -0.288 e. The number of carbonyl (C=O) groups is 1. The van der Waals surface area contributed by atoms with Gasteiger partial charge in [0, 0.05) is 18.2 Å². The summed E-state index contributed by atoms with van der Waals surface area (Å²) in [7, 11) is 0. The highest BCUT2D eigenvalue weighted by atomic mass is 32.1. The molecule has 3 rings (SSSR count). The highest BCUT2D eigenvalue weighted by molar-refractivity contribution is 7.22. The van der Waals surface area contributed by atoms with Gasteiger partial charge in [-0.15, -0.1) is 0 Å². The first kappa shape index (κ1) is 16.1. The summed E-state index contributed by atoms with van der Waals surface area (Å²) in [6.07, 6.45) is -0.0269. The van der Waals surface area contributed by atoms with Crippen LogP contribution in [0.2, 0.25) is 0 Å². The minimum atomic E-state index is -0.462. The van der Waals surface area contributed by atoms with Gasteiger partial charge in [-0.05, 0) is 19.1 Å². The topological polar surface area (TPSA) is 76.3 Å². The maximum atomic E-state index is 12.7. The number of carbonyl (C=O) groups excluding carboxylic acids is 1. The lowest BCUT2D eigenvalue weighted by Crippen LogP contribution is -2.32. The standard InChI is InChI=1S/C17H15N3O3S/c1-2-19(17-18-13-8-4-6-10-15(13)24-17)16(21)11-12-7-3-5-9-14(12)20(22)23/h3-10H,2,11H2,1H3. The Balaban J connectivity index is 1.88. The zero-order valence-electron chi connectivity index (χ0n) is 13.0. The molecular formula is C17H15N3O3S. The number of fused-ring (bicyclic) bond motifs is 1. The van der Waals surface area contributed by atoms with Crippen molar-refractivity contribution in [2.24, 2.45) is 0 Å². The van der Waals surface area contributed by atoms with E-state index >= 15 is 0 Å². The van der Waals surface area contributed by atoms with E-state index in [0.29, 0.717) is 17.2 Å². The predicted molar refractivity (Wildman–Crippen MR) is 94.4 cm³/mol. The second-order valence-electron chi connectivity index (χ2n) is 5.16. The van der Waals surface area contributed by atoms with Crippen molar-refractivity contribution in [2.75, 3.05) is 11.4 Å². The molecule has 2 aromatic carbocycles. The SMILES string of the molecule is CCN(C(=O)Cc1ccccc1[N+](=O)[O-])c1nc2ccccc2s1. The van der Waals surface area contributed by atoms with Crippen LogP contribution < -0.4 is 4.90 Å². The second kappa shape index (κ2) is 6.76. The molecule has 0 N–H and O–H groups in total. The van der Waals surface area contributed by atoms with E-state index in [-0.39, 0.29) is 18.0 Å². The first-order valence-electron chi connectivity index (χ1n) is 7.48. The summed E-state index contributed by atoms with van der Waals surface area (Å²) in [5.74, 6) is -0.203. The Kier molecular flexibility index (Phi) is 4.52. The Bertz CT molecular complexity index is 874. The molecule has 1 heterocycles. The van der Waals surface area contributed by atoms with Gasteiger partial charge in [0.05, 0.1) is 21.6 Å². The number of thiazole rings is 1. The van der Waals surface area contributed by atoms with Gasteiger partial charge >= 0.3 is 0 Å². The first-order valence-corrected chi connectivity index (χ1v) is 8.30. The third-order valence-corrected chi connectivity index (χ3v) is 4.72. The summed E-state index contributed by atoms with van der Waals surface area (Å²) in [4.78, 5) is 29.4. The van der Waals surface area contributed by atoms with Crippen LogP contribution in [-0.4, -0.2) is 22.4 Å². The number of amides is 1. The molecule has 0 fully saturated rings. The third-order valence-electron chi connectivity index (χ3n) is 3.66. The van der Waals surface area contributed by atoms with Crippen molar-refractivity contribution < 1.29 is 9.72 Å². The fraction of sp³-hybridized carbons (Fsp3) is 0.176. The molecule has 0 aliphatic heterocycles. The van der Waals surface area contributed by atoms with Gasteiger partial charge in [-0.2, -0.15) is 0 Å². The number of benzene rings is 2. The van der Waals surface area contributed by atoms with E-state index in [9.17, 15) is 14.9 Å². The number of nitro benzene ring substituents is 1. The first-order chi connectivity index (χ1) is 11.6. The van der Waals surface area contributed by atoms with E-state index in [4.69, 9.17) is 0 Å². The monoisotopic (exact) mass is 341 g/mol. The third kappa shape index (κ3) is 3.11. The molecule has 0 aliphatic rings. The minimum absolute atomic E-state index is 0.0269. The number of hydrogen-bond acceptors (Lipinski definition) is 5. The molecule has 0 spiro atoms. The van der Waals surface area contributed by atoms with E-state index in [0.717, 1.165) is 10.2 Å². The largest absolute Gasteiger partial charge is 0.288 e. The van der Waals surface area contributed by atoms with Gasteiger partial charge in [0.15, 0.2) is 5.13 Å². The average Bonchev–Trinajstić information content (AvgIpc) is 2.99. The van der Waals surface area contributed by atoms with Gasteiger partial charge in [0.25, 0.3) is 5.69 Å². The molecule has 0 unspecified atom stereocenters. The Morgan fingerprint density at radius 3 is 2.62 bits per heavy atom. The van der Waals surface area contributed by atoms with Crippen LogP contribution in [0.25, 0.3) is 10.2 Å². The zero-order valence-corrected chi connectivity index (χ0v) is 13.8. The molecular weight excluding hydrogens is 326 g/mol. The van der Waals surface area contributed by atoms with Crippen molar-refractivity contribution in [1.82, 2.24) is 4.98 Å². The summed E-state index contributed by atoms with van der Waals surface area (Å²) < 4.78 is 1.00. The lowest BCUT2D eigenvalue weighted by atomic mass is 10.1. The van der Waals surface area contributed by atoms with Crippen LogP contribution >= 0.6 is 11.3 Å². The quantitative estimate of drug-likeness (QED) is 0.522. The van der Waals surface area contributed by atoms with Gasteiger partial charge in [0.2, 0.25) is 5.91 Å². The van der Waals surface area contributed by atoms with E-state index in [1.165, 1.54) is 17.4 Å². The van der Waals surface area contributed by atoms with Gasteiger partial charge in [-0.1, -0.05) is 41.7 Å². The second-order valence-corrected chi connectivity index (χ2v) is 6.17. The van der Waals surface area contributed by atoms with E-state index in [2.05, 4.69) is 4.98 Å². The molecule has 122 valence electrons. The van der Waals surface area contributed by atoms with Gasteiger partial charge in [-0.3, -0.25) is 19.8 Å². The number of aromatic nitrogens is 1. The fourth-order valence-electron chi connectivity index (χ4n) is 2.49.